The highest BCUT2D eigenvalue weighted by Gasteiger charge is 2.19. The largest absolute Gasteiger partial charge is 0.291 e. The second-order valence-corrected chi connectivity index (χ2v) is 3.51. The molecule has 1 aromatic rings. The summed E-state index contributed by atoms with van der Waals surface area (Å²) in [7, 11) is 0. The Kier molecular flexibility index (Phi) is 3.44. The highest BCUT2D eigenvalue weighted by Crippen LogP contribution is 2.17. The molecular formula is C11H7ClN2O. The zero-order valence-electron chi connectivity index (χ0n) is 7.99. The topological polar surface area (TPSA) is 64.7 Å². The highest BCUT2D eigenvalue weighted by atomic mass is 35.5. The third-order valence-electron chi connectivity index (χ3n) is 1.85. The lowest BCUT2D eigenvalue weighted by Gasteiger charge is -2.02. The van der Waals surface area contributed by atoms with Crippen molar-refractivity contribution in [3.63, 3.8) is 0 Å². The fourth-order valence-electron chi connectivity index (χ4n) is 1.19. The molecule has 0 spiro atoms. The number of benzene rings is 1. The minimum absolute atomic E-state index is 0.299. The molecule has 0 aromatic heterocycles. The molecule has 0 atom stereocenters. The average molecular weight is 219 g/mol. The third kappa shape index (κ3) is 2.56. The number of halogens is 1. The number of nitriles is 2. The Morgan fingerprint density at radius 1 is 1.33 bits per heavy atom. The maximum Gasteiger partial charge on any atom is 0.195 e. The fourth-order valence-corrected chi connectivity index (χ4v) is 1.48. The van der Waals surface area contributed by atoms with Crippen LogP contribution in [0.5, 0.6) is 0 Å². The molecule has 0 radical (unpaired) electrons. The Balaban J connectivity index is 3.14. The Hall–Kier alpha value is -1.84. The number of Topliss-reactive ketones (excluding diaryl/α,β-unsaturated/α-hetero) is 1. The summed E-state index contributed by atoms with van der Waals surface area (Å²) in [4.78, 5) is 11.6. The molecular weight excluding hydrogens is 212 g/mol. The molecule has 3 nitrogen and oxygen atoms in total. The first-order chi connectivity index (χ1) is 7.08. The predicted octanol–water partition coefficient (Wildman–Crippen LogP) is 2.49. The number of nitrogens with zero attached hydrogens (tertiary/aromatic N) is 2. The van der Waals surface area contributed by atoms with Crippen molar-refractivity contribution in [3.8, 4) is 12.1 Å². The summed E-state index contributed by atoms with van der Waals surface area (Å²) in [5, 5.41) is 17.6. The Morgan fingerprint density at radius 3 is 2.40 bits per heavy atom. The van der Waals surface area contributed by atoms with Gasteiger partial charge in [0.2, 0.25) is 0 Å². The number of carbonyl (C=O) groups excluding carboxylic acids is 1. The van der Waals surface area contributed by atoms with E-state index >= 15 is 0 Å². The first kappa shape index (κ1) is 11.2. The van der Waals surface area contributed by atoms with E-state index in [1.165, 1.54) is 6.07 Å². The molecule has 1 rings (SSSR count). The molecule has 0 saturated carbocycles. The van der Waals surface area contributed by atoms with Crippen LogP contribution < -0.4 is 0 Å². The molecule has 15 heavy (non-hydrogen) atoms. The fraction of sp³-hybridized carbons (Fsp3) is 0.182. The quantitative estimate of drug-likeness (QED) is 0.717. The predicted molar refractivity (Wildman–Crippen MR) is 55.2 cm³/mol. The standard InChI is InChI=1S/C11H7ClN2O/c1-7-2-8(4-10(12)3-7)11(15)9(5-13)6-14/h2-4,9H,1H3. The maximum absolute atomic E-state index is 11.6. The van der Waals surface area contributed by atoms with E-state index in [2.05, 4.69) is 0 Å². The van der Waals surface area contributed by atoms with E-state index < -0.39 is 11.7 Å². The van der Waals surface area contributed by atoms with Crippen LogP contribution in [0.15, 0.2) is 18.2 Å². The summed E-state index contributed by atoms with van der Waals surface area (Å²) >= 11 is 5.77. The van der Waals surface area contributed by atoms with Crippen molar-refractivity contribution in [2.45, 2.75) is 6.92 Å². The summed E-state index contributed by atoms with van der Waals surface area (Å²) in [6.07, 6.45) is 0. The molecule has 0 fully saturated rings. The van der Waals surface area contributed by atoms with Gasteiger partial charge in [0.1, 0.15) is 0 Å². The van der Waals surface area contributed by atoms with Crippen molar-refractivity contribution >= 4 is 17.4 Å². The summed E-state index contributed by atoms with van der Waals surface area (Å²) in [5.41, 5.74) is 1.12. The third-order valence-corrected chi connectivity index (χ3v) is 2.07. The van der Waals surface area contributed by atoms with Gasteiger partial charge in [-0.05, 0) is 30.7 Å². The van der Waals surface area contributed by atoms with Crippen LogP contribution in [0.1, 0.15) is 15.9 Å². The normalized spacial score (nSPS) is 9.40. The van der Waals surface area contributed by atoms with Crippen molar-refractivity contribution in [2.24, 2.45) is 5.92 Å². The molecule has 0 aliphatic heterocycles. The molecule has 0 aliphatic carbocycles. The van der Waals surface area contributed by atoms with Gasteiger partial charge in [-0.3, -0.25) is 4.79 Å². The van der Waals surface area contributed by atoms with E-state index in [1.807, 2.05) is 0 Å². The first-order valence-electron chi connectivity index (χ1n) is 4.19. The van der Waals surface area contributed by atoms with Crippen LogP contribution in [-0.4, -0.2) is 5.78 Å². The summed E-state index contributed by atoms with van der Waals surface area (Å²) in [5.74, 6) is -1.77. The molecule has 0 amide bonds. The van der Waals surface area contributed by atoms with Crippen LogP contribution in [-0.2, 0) is 0 Å². The number of ketones is 1. The number of hydrogen-bond acceptors (Lipinski definition) is 3. The van der Waals surface area contributed by atoms with Gasteiger partial charge in [0.15, 0.2) is 11.7 Å². The minimum atomic E-state index is -1.26. The Labute approximate surface area is 92.5 Å². The van der Waals surface area contributed by atoms with E-state index in [-0.39, 0.29) is 0 Å². The molecule has 4 heteroatoms. The van der Waals surface area contributed by atoms with Crippen molar-refractivity contribution < 1.29 is 4.79 Å². The van der Waals surface area contributed by atoms with Gasteiger partial charge in [0, 0.05) is 10.6 Å². The zero-order chi connectivity index (χ0) is 11.4. The van der Waals surface area contributed by atoms with Gasteiger partial charge in [-0.15, -0.1) is 0 Å². The zero-order valence-corrected chi connectivity index (χ0v) is 8.75. The second kappa shape index (κ2) is 4.59. The maximum atomic E-state index is 11.6. The Bertz CT molecular complexity index is 448. The number of carbonyl (C=O) groups is 1. The Morgan fingerprint density at radius 2 is 1.93 bits per heavy atom. The SMILES string of the molecule is Cc1cc(Cl)cc(C(=O)C(C#N)C#N)c1. The average Bonchev–Trinajstić information content (AvgIpc) is 2.18. The minimum Gasteiger partial charge on any atom is -0.291 e. The molecule has 0 heterocycles. The van der Waals surface area contributed by atoms with Crippen LogP contribution in [0.25, 0.3) is 0 Å². The molecule has 74 valence electrons. The van der Waals surface area contributed by atoms with Crippen molar-refractivity contribution in [3.05, 3.63) is 34.3 Å². The van der Waals surface area contributed by atoms with E-state index in [0.29, 0.717) is 10.6 Å². The van der Waals surface area contributed by atoms with Crippen LogP contribution in [0.2, 0.25) is 5.02 Å². The van der Waals surface area contributed by atoms with Crippen LogP contribution in [0, 0.1) is 35.5 Å². The summed E-state index contributed by atoms with van der Waals surface area (Å²) in [6.45, 7) is 1.79. The molecule has 0 unspecified atom stereocenters. The smallest absolute Gasteiger partial charge is 0.195 e. The van der Waals surface area contributed by atoms with Gasteiger partial charge in [-0.1, -0.05) is 11.6 Å². The summed E-state index contributed by atoms with van der Waals surface area (Å²) < 4.78 is 0. The lowest BCUT2D eigenvalue weighted by molar-refractivity contribution is 0.0971. The van der Waals surface area contributed by atoms with Gasteiger partial charge >= 0.3 is 0 Å². The lowest BCUT2D eigenvalue weighted by Crippen LogP contribution is -2.10. The van der Waals surface area contributed by atoms with Gasteiger partial charge in [-0.2, -0.15) is 10.5 Å². The first-order valence-corrected chi connectivity index (χ1v) is 4.57. The van der Waals surface area contributed by atoms with Gasteiger partial charge in [-0.25, -0.2) is 0 Å². The van der Waals surface area contributed by atoms with Gasteiger partial charge in [0.05, 0.1) is 12.1 Å². The van der Waals surface area contributed by atoms with Crippen LogP contribution in [0.3, 0.4) is 0 Å². The molecule has 0 saturated heterocycles. The highest BCUT2D eigenvalue weighted by molar-refractivity contribution is 6.31. The number of hydrogen-bond donors (Lipinski definition) is 0. The van der Waals surface area contributed by atoms with E-state index in [9.17, 15) is 4.79 Å². The molecule has 0 N–H and O–H groups in total. The molecule has 1 aromatic carbocycles. The number of rotatable bonds is 2. The molecule has 0 aliphatic rings. The van der Waals surface area contributed by atoms with E-state index in [1.54, 1.807) is 31.2 Å². The monoisotopic (exact) mass is 218 g/mol. The van der Waals surface area contributed by atoms with Gasteiger partial charge in [0.25, 0.3) is 0 Å². The molecule has 0 bridgehead atoms. The lowest BCUT2D eigenvalue weighted by atomic mass is 9.99. The van der Waals surface area contributed by atoms with Crippen molar-refractivity contribution in [1.29, 1.82) is 10.5 Å². The van der Waals surface area contributed by atoms with Crippen LogP contribution >= 0.6 is 11.6 Å². The van der Waals surface area contributed by atoms with Crippen molar-refractivity contribution in [2.75, 3.05) is 0 Å². The van der Waals surface area contributed by atoms with Gasteiger partial charge < -0.3 is 0 Å². The van der Waals surface area contributed by atoms with E-state index in [0.717, 1.165) is 5.56 Å². The second-order valence-electron chi connectivity index (χ2n) is 3.07. The van der Waals surface area contributed by atoms with Crippen LogP contribution in [0.4, 0.5) is 0 Å². The van der Waals surface area contributed by atoms with E-state index in [4.69, 9.17) is 22.1 Å². The summed E-state index contributed by atoms with van der Waals surface area (Å²) in [6, 6.07) is 8.03. The van der Waals surface area contributed by atoms with Crippen molar-refractivity contribution in [1.82, 2.24) is 0 Å². The number of aryl methyl sites for hydroxylation is 1.